The molecule has 1 aromatic carbocycles. The van der Waals surface area contributed by atoms with Gasteiger partial charge in [-0.1, -0.05) is 6.42 Å². The number of amides is 2. The van der Waals surface area contributed by atoms with E-state index < -0.39 is 23.7 Å². The van der Waals surface area contributed by atoms with Gasteiger partial charge in [0.15, 0.2) is 5.92 Å². The van der Waals surface area contributed by atoms with Crippen molar-refractivity contribution in [3.05, 3.63) is 48.2 Å². The van der Waals surface area contributed by atoms with Gasteiger partial charge in [0.2, 0.25) is 17.7 Å². The number of aromatic nitrogens is 1. The molecule has 10 heteroatoms. The zero-order valence-electron chi connectivity index (χ0n) is 16.1. The van der Waals surface area contributed by atoms with Crippen LogP contribution in [0.25, 0.3) is 0 Å². The number of rotatable bonds is 8. The third-order valence-electron chi connectivity index (χ3n) is 5.18. The minimum atomic E-state index is -1.16. The quantitative estimate of drug-likeness (QED) is 0.320. The molecule has 2 amide bonds. The maximum atomic E-state index is 12.7. The third kappa shape index (κ3) is 4.83. The highest BCUT2D eigenvalue weighted by molar-refractivity contribution is 5.98. The van der Waals surface area contributed by atoms with Crippen LogP contribution in [0.3, 0.4) is 0 Å². The second kappa shape index (κ2) is 9.21. The Labute approximate surface area is 172 Å². The second-order valence-electron chi connectivity index (χ2n) is 7.13. The average molecular weight is 413 g/mol. The summed E-state index contributed by atoms with van der Waals surface area (Å²) in [6, 6.07) is 6.55. The van der Waals surface area contributed by atoms with E-state index in [1.54, 1.807) is 24.3 Å². The van der Waals surface area contributed by atoms with Crippen molar-refractivity contribution >= 4 is 29.3 Å². The molecule has 0 radical (unpaired) electrons. The van der Waals surface area contributed by atoms with E-state index in [-0.39, 0.29) is 30.1 Å². The number of carboxylic acids is 1. The smallest absolute Gasteiger partial charge is 0.317 e. The summed E-state index contributed by atoms with van der Waals surface area (Å²) in [5, 5.41) is 22.2. The van der Waals surface area contributed by atoms with E-state index >= 15 is 0 Å². The Morgan fingerprint density at radius 3 is 2.43 bits per heavy atom. The van der Waals surface area contributed by atoms with Crippen LogP contribution in [0.4, 0.5) is 5.69 Å². The number of aliphatic carboxylic acids is 1. The molecule has 158 valence electrons. The highest BCUT2D eigenvalue weighted by Gasteiger charge is 2.38. The van der Waals surface area contributed by atoms with Crippen LogP contribution >= 0.6 is 0 Å². The normalized spacial score (nSPS) is 19.1. The summed E-state index contributed by atoms with van der Waals surface area (Å²) in [6.45, 7) is -0.175. The third-order valence-corrected chi connectivity index (χ3v) is 5.18. The number of oxazole rings is 1. The van der Waals surface area contributed by atoms with Crippen molar-refractivity contribution in [1.29, 1.82) is 5.41 Å². The van der Waals surface area contributed by atoms with Crippen LogP contribution in [-0.4, -0.2) is 40.3 Å². The zero-order chi connectivity index (χ0) is 21.7. The molecule has 1 aromatic heterocycles. The van der Waals surface area contributed by atoms with Gasteiger partial charge in [-0.15, -0.1) is 0 Å². The summed E-state index contributed by atoms with van der Waals surface area (Å²) in [6.07, 6.45) is 4.45. The highest BCUT2D eigenvalue weighted by atomic mass is 16.4. The fourth-order valence-electron chi connectivity index (χ4n) is 3.58. The number of anilines is 1. The van der Waals surface area contributed by atoms with E-state index in [9.17, 15) is 19.5 Å². The molecule has 30 heavy (non-hydrogen) atoms. The van der Waals surface area contributed by atoms with Crippen molar-refractivity contribution in [1.82, 2.24) is 10.3 Å². The van der Waals surface area contributed by atoms with Crippen LogP contribution in [0.1, 0.15) is 36.6 Å². The van der Waals surface area contributed by atoms with Crippen LogP contribution in [0.5, 0.6) is 0 Å². The van der Waals surface area contributed by atoms with Gasteiger partial charge in [0, 0.05) is 29.6 Å². The molecular formula is C20H23N5O5. The number of carbonyl (C=O) groups is 3. The standard InChI is InChI=1S/C20H23N5O5/c21-16(22)11-4-6-12(7-5-11)25-18(27)14-3-1-2-13(14)17(26)24-10-15(20(28)29)19-23-8-9-30-19/h4-9,13-15H,1-3,10H2,(H3,21,22)(H,24,26)(H,25,27)(H,28,29). The summed E-state index contributed by atoms with van der Waals surface area (Å²) in [5.41, 5.74) is 6.51. The zero-order valence-corrected chi connectivity index (χ0v) is 16.1. The molecule has 0 bridgehead atoms. The Bertz CT molecular complexity index is 926. The monoisotopic (exact) mass is 413 g/mol. The molecule has 1 fully saturated rings. The van der Waals surface area contributed by atoms with E-state index in [0.29, 0.717) is 24.1 Å². The molecule has 1 aliphatic rings. The van der Waals surface area contributed by atoms with Gasteiger partial charge in [-0.05, 0) is 37.1 Å². The van der Waals surface area contributed by atoms with Crippen molar-refractivity contribution in [2.45, 2.75) is 25.2 Å². The Hall–Kier alpha value is -3.69. The number of nitrogens with one attached hydrogen (secondary N) is 3. The van der Waals surface area contributed by atoms with Crippen LogP contribution < -0.4 is 16.4 Å². The van der Waals surface area contributed by atoms with Crippen molar-refractivity contribution in [2.75, 3.05) is 11.9 Å². The fourth-order valence-corrected chi connectivity index (χ4v) is 3.58. The van der Waals surface area contributed by atoms with Crippen molar-refractivity contribution < 1.29 is 23.9 Å². The molecule has 10 nitrogen and oxygen atoms in total. The predicted octanol–water partition coefficient (Wildman–Crippen LogP) is 1.30. The number of nitrogens with two attached hydrogens (primary N) is 1. The maximum Gasteiger partial charge on any atom is 0.317 e. The number of nitrogens with zero attached hydrogens (tertiary/aromatic N) is 1. The van der Waals surface area contributed by atoms with E-state index in [1.807, 2.05) is 0 Å². The average Bonchev–Trinajstić information content (AvgIpc) is 3.40. The van der Waals surface area contributed by atoms with Gasteiger partial charge in [0.1, 0.15) is 12.1 Å². The Morgan fingerprint density at radius 2 is 1.87 bits per heavy atom. The van der Waals surface area contributed by atoms with Crippen molar-refractivity contribution in [3.63, 3.8) is 0 Å². The predicted molar refractivity (Wildman–Crippen MR) is 107 cm³/mol. The maximum absolute atomic E-state index is 12.7. The first-order valence-corrected chi connectivity index (χ1v) is 9.52. The summed E-state index contributed by atoms with van der Waals surface area (Å²) in [7, 11) is 0. The number of nitrogen functional groups attached to an aromatic ring is 1. The largest absolute Gasteiger partial charge is 0.481 e. The van der Waals surface area contributed by atoms with Gasteiger partial charge in [-0.2, -0.15) is 0 Å². The lowest BCUT2D eigenvalue weighted by atomic mass is 9.94. The van der Waals surface area contributed by atoms with Crippen LogP contribution in [0.2, 0.25) is 0 Å². The summed E-state index contributed by atoms with van der Waals surface area (Å²) >= 11 is 0. The summed E-state index contributed by atoms with van der Waals surface area (Å²) in [4.78, 5) is 40.6. The number of hydrogen-bond acceptors (Lipinski definition) is 6. The van der Waals surface area contributed by atoms with Crippen molar-refractivity contribution in [3.8, 4) is 0 Å². The Balaban J connectivity index is 1.60. The van der Waals surface area contributed by atoms with Gasteiger partial charge in [0.05, 0.1) is 6.20 Å². The minimum absolute atomic E-state index is 0.0116. The molecule has 3 rings (SSSR count). The molecule has 3 atom stereocenters. The fraction of sp³-hybridized carbons (Fsp3) is 0.350. The molecule has 0 aliphatic heterocycles. The van der Waals surface area contributed by atoms with Gasteiger partial charge in [-0.25, -0.2) is 4.98 Å². The minimum Gasteiger partial charge on any atom is -0.481 e. The number of carboxylic acid groups (broad SMARTS) is 1. The van der Waals surface area contributed by atoms with E-state index in [1.165, 1.54) is 12.5 Å². The molecule has 2 aromatic rings. The SMILES string of the molecule is N=C(N)c1ccc(NC(=O)C2CCCC2C(=O)NCC(C(=O)O)c2ncco2)cc1. The van der Waals surface area contributed by atoms with Gasteiger partial charge < -0.3 is 25.9 Å². The van der Waals surface area contributed by atoms with Gasteiger partial charge in [0.25, 0.3) is 0 Å². The number of benzene rings is 1. The number of amidine groups is 1. The first-order valence-electron chi connectivity index (χ1n) is 9.52. The van der Waals surface area contributed by atoms with Crippen LogP contribution in [0.15, 0.2) is 41.1 Å². The molecule has 1 saturated carbocycles. The molecule has 6 N–H and O–H groups in total. The summed E-state index contributed by atoms with van der Waals surface area (Å²) < 4.78 is 5.04. The Morgan fingerprint density at radius 1 is 1.20 bits per heavy atom. The van der Waals surface area contributed by atoms with Gasteiger partial charge >= 0.3 is 5.97 Å². The Kier molecular flexibility index (Phi) is 6.45. The number of hydrogen-bond donors (Lipinski definition) is 5. The topological polar surface area (TPSA) is 171 Å². The molecule has 1 heterocycles. The van der Waals surface area contributed by atoms with E-state index in [2.05, 4.69) is 15.6 Å². The molecule has 0 saturated heterocycles. The second-order valence-corrected chi connectivity index (χ2v) is 7.13. The van der Waals surface area contributed by atoms with Gasteiger partial charge in [-0.3, -0.25) is 19.8 Å². The lowest BCUT2D eigenvalue weighted by molar-refractivity contribution is -0.139. The molecule has 0 spiro atoms. The van der Waals surface area contributed by atoms with E-state index in [4.69, 9.17) is 15.6 Å². The van der Waals surface area contributed by atoms with E-state index in [0.717, 1.165) is 6.42 Å². The number of carbonyl (C=O) groups excluding carboxylic acids is 2. The lowest BCUT2D eigenvalue weighted by Crippen LogP contribution is -2.40. The van der Waals surface area contributed by atoms with Crippen LogP contribution in [-0.2, 0) is 14.4 Å². The first-order chi connectivity index (χ1) is 14.4. The summed E-state index contributed by atoms with van der Waals surface area (Å²) in [5.74, 6) is -4.00. The first kappa shape index (κ1) is 21.0. The lowest BCUT2D eigenvalue weighted by Gasteiger charge is -2.20. The molecule has 3 unspecified atom stereocenters. The molecular weight excluding hydrogens is 390 g/mol. The molecule has 1 aliphatic carbocycles. The van der Waals surface area contributed by atoms with Crippen LogP contribution in [0, 0.1) is 17.2 Å². The highest BCUT2D eigenvalue weighted by Crippen LogP contribution is 2.33. The van der Waals surface area contributed by atoms with Crippen molar-refractivity contribution in [2.24, 2.45) is 17.6 Å².